The topological polar surface area (TPSA) is 26.3 Å². The molecule has 0 heterocycles. The predicted molar refractivity (Wildman–Crippen MR) is 84.0 cm³/mol. The van der Waals surface area contributed by atoms with Crippen molar-refractivity contribution in [2.45, 2.75) is 44.6 Å². The van der Waals surface area contributed by atoms with Gasteiger partial charge in [0.15, 0.2) is 0 Å². The number of ether oxygens (including phenoxy) is 1. The molecule has 2 saturated carbocycles. The second kappa shape index (κ2) is 6.46. The van der Waals surface area contributed by atoms with Gasteiger partial charge < -0.3 is 4.74 Å². The minimum Gasteiger partial charge on any atom is -0.458 e. The number of benzene rings is 1. The highest BCUT2D eigenvalue weighted by atomic mass is 16.5. The maximum atomic E-state index is 12.4. The molecule has 2 heteroatoms. The van der Waals surface area contributed by atoms with Gasteiger partial charge in [-0.05, 0) is 43.2 Å². The number of carbonyl (C=O) groups is 1. The van der Waals surface area contributed by atoms with Gasteiger partial charge in [-0.25, -0.2) is 4.79 Å². The molecule has 4 unspecified atom stereocenters. The van der Waals surface area contributed by atoms with Gasteiger partial charge in [-0.2, -0.15) is 0 Å². The van der Waals surface area contributed by atoms with E-state index in [-0.39, 0.29) is 12.1 Å². The lowest BCUT2D eigenvalue weighted by Gasteiger charge is -2.44. The summed E-state index contributed by atoms with van der Waals surface area (Å²) < 4.78 is 5.94. The smallest absolute Gasteiger partial charge is 0.338 e. The zero-order chi connectivity index (χ0) is 14.7. The van der Waals surface area contributed by atoms with Crippen molar-refractivity contribution in [3.8, 4) is 0 Å². The van der Waals surface area contributed by atoms with E-state index in [4.69, 9.17) is 4.74 Å². The molecule has 112 valence electrons. The second-order valence-electron chi connectivity index (χ2n) is 6.42. The number of esters is 1. The van der Waals surface area contributed by atoms with E-state index >= 15 is 0 Å². The lowest BCUT2D eigenvalue weighted by atomic mass is 9.66. The third-order valence-electron chi connectivity index (χ3n) is 5.24. The Morgan fingerprint density at radius 3 is 2.62 bits per heavy atom. The molecule has 3 rings (SSSR count). The third-order valence-corrected chi connectivity index (χ3v) is 5.24. The monoisotopic (exact) mass is 284 g/mol. The zero-order valence-corrected chi connectivity index (χ0v) is 12.5. The van der Waals surface area contributed by atoms with Crippen molar-refractivity contribution in [1.82, 2.24) is 0 Å². The Balaban J connectivity index is 1.76. The van der Waals surface area contributed by atoms with Gasteiger partial charge in [-0.15, -0.1) is 6.58 Å². The number of hydrogen-bond donors (Lipinski definition) is 0. The van der Waals surface area contributed by atoms with E-state index in [9.17, 15) is 4.79 Å². The summed E-state index contributed by atoms with van der Waals surface area (Å²) in [6, 6.07) is 9.33. The van der Waals surface area contributed by atoms with E-state index in [1.165, 1.54) is 32.1 Å². The fraction of sp³-hybridized carbons (Fsp3) is 0.526. The van der Waals surface area contributed by atoms with E-state index in [0.29, 0.717) is 17.4 Å². The Labute approximate surface area is 127 Å². The van der Waals surface area contributed by atoms with Gasteiger partial charge in [0.1, 0.15) is 6.10 Å². The van der Waals surface area contributed by atoms with Crippen LogP contribution in [0.25, 0.3) is 0 Å². The van der Waals surface area contributed by atoms with Crippen molar-refractivity contribution in [2.24, 2.45) is 17.8 Å². The summed E-state index contributed by atoms with van der Waals surface area (Å²) >= 11 is 0. The Hall–Kier alpha value is -1.57. The minimum absolute atomic E-state index is 0.0225. The lowest BCUT2D eigenvalue weighted by molar-refractivity contribution is -0.0432. The average Bonchev–Trinajstić information content (AvgIpc) is 2.56. The van der Waals surface area contributed by atoms with E-state index in [0.717, 1.165) is 12.3 Å². The van der Waals surface area contributed by atoms with Crippen molar-refractivity contribution >= 4 is 5.97 Å². The largest absolute Gasteiger partial charge is 0.458 e. The highest BCUT2D eigenvalue weighted by Crippen LogP contribution is 2.44. The first kappa shape index (κ1) is 14.4. The van der Waals surface area contributed by atoms with Gasteiger partial charge in [0.2, 0.25) is 0 Å². The highest BCUT2D eigenvalue weighted by molar-refractivity contribution is 5.89. The number of rotatable bonds is 3. The van der Waals surface area contributed by atoms with Gasteiger partial charge >= 0.3 is 5.97 Å². The van der Waals surface area contributed by atoms with Crippen LogP contribution in [0.1, 0.15) is 48.9 Å². The predicted octanol–water partition coefficient (Wildman–Crippen LogP) is 4.61. The maximum Gasteiger partial charge on any atom is 0.338 e. The SMILES string of the molecule is C=CC1CCC2CCCCC2C1OC(=O)c1ccccc1. The fourth-order valence-electron chi connectivity index (χ4n) is 4.11. The molecule has 0 N–H and O–H groups in total. The molecule has 0 spiro atoms. The van der Waals surface area contributed by atoms with Crippen LogP contribution in [0, 0.1) is 17.8 Å². The van der Waals surface area contributed by atoms with Crippen LogP contribution in [0.3, 0.4) is 0 Å². The van der Waals surface area contributed by atoms with Crippen LogP contribution in [-0.2, 0) is 4.74 Å². The summed E-state index contributed by atoms with van der Waals surface area (Å²) in [5, 5.41) is 0. The molecule has 2 aliphatic carbocycles. The normalized spacial score (nSPS) is 32.0. The summed E-state index contributed by atoms with van der Waals surface area (Å²) in [5.41, 5.74) is 0.651. The first-order chi connectivity index (χ1) is 10.3. The van der Waals surface area contributed by atoms with E-state index in [1.807, 2.05) is 36.4 Å². The summed E-state index contributed by atoms with van der Waals surface area (Å²) in [4.78, 5) is 12.4. The van der Waals surface area contributed by atoms with Gasteiger partial charge in [0.25, 0.3) is 0 Å². The van der Waals surface area contributed by atoms with Crippen molar-refractivity contribution in [3.05, 3.63) is 48.6 Å². The number of hydrogen-bond acceptors (Lipinski definition) is 2. The second-order valence-corrected chi connectivity index (χ2v) is 6.42. The van der Waals surface area contributed by atoms with Crippen LogP contribution < -0.4 is 0 Å². The molecule has 4 atom stereocenters. The molecule has 21 heavy (non-hydrogen) atoms. The Morgan fingerprint density at radius 1 is 1.10 bits per heavy atom. The first-order valence-corrected chi connectivity index (χ1v) is 8.18. The molecule has 0 amide bonds. The number of carbonyl (C=O) groups excluding carboxylic acids is 1. The van der Waals surface area contributed by atoms with Gasteiger partial charge in [0.05, 0.1) is 5.56 Å². The molecule has 0 radical (unpaired) electrons. The average molecular weight is 284 g/mol. The number of fused-ring (bicyclic) bond motifs is 1. The minimum atomic E-state index is -0.182. The summed E-state index contributed by atoms with van der Waals surface area (Å²) in [6.07, 6.45) is 9.49. The Kier molecular flexibility index (Phi) is 4.42. The Morgan fingerprint density at radius 2 is 1.86 bits per heavy atom. The van der Waals surface area contributed by atoms with Crippen LogP contribution in [0.5, 0.6) is 0 Å². The van der Waals surface area contributed by atoms with E-state index < -0.39 is 0 Å². The van der Waals surface area contributed by atoms with Crippen LogP contribution in [0.2, 0.25) is 0 Å². The molecular weight excluding hydrogens is 260 g/mol. The van der Waals surface area contributed by atoms with Crippen LogP contribution in [0.4, 0.5) is 0 Å². The maximum absolute atomic E-state index is 12.4. The molecule has 0 bridgehead atoms. The van der Waals surface area contributed by atoms with Crippen LogP contribution in [-0.4, -0.2) is 12.1 Å². The van der Waals surface area contributed by atoms with Gasteiger partial charge in [-0.1, -0.05) is 43.5 Å². The standard InChI is InChI=1S/C19H24O2/c1-2-14-12-13-15-8-6-7-11-17(15)18(14)21-19(20)16-9-4-3-5-10-16/h2-5,9-10,14-15,17-18H,1,6-8,11-13H2. The quantitative estimate of drug-likeness (QED) is 0.598. The lowest BCUT2D eigenvalue weighted by Crippen LogP contribution is -2.42. The van der Waals surface area contributed by atoms with Crippen LogP contribution in [0.15, 0.2) is 43.0 Å². The van der Waals surface area contributed by atoms with E-state index in [1.54, 1.807) is 0 Å². The van der Waals surface area contributed by atoms with Crippen molar-refractivity contribution < 1.29 is 9.53 Å². The summed E-state index contributed by atoms with van der Waals surface area (Å²) in [6.45, 7) is 3.96. The molecule has 2 aliphatic rings. The third kappa shape index (κ3) is 3.04. The van der Waals surface area contributed by atoms with Gasteiger partial charge in [-0.3, -0.25) is 0 Å². The van der Waals surface area contributed by atoms with Crippen molar-refractivity contribution in [3.63, 3.8) is 0 Å². The van der Waals surface area contributed by atoms with E-state index in [2.05, 4.69) is 6.58 Å². The molecular formula is C19H24O2. The van der Waals surface area contributed by atoms with Crippen molar-refractivity contribution in [2.75, 3.05) is 0 Å². The fourth-order valence-corrected chi connectivity index (χ4v) is 4.11. The highest BCUT2D eigenvalue weighted by Gasteiger charge is 2.41. The summed E-state index contributed by atoms with van der Waals surface area (Å²) in [7, 11) is 0. The van der Waals surface area contributed by atoms with Gasteiger partial charge in [0, 0.05) is 5.92 Å². The van der Waals surface area contributed by atoms with Crippen molar-refractivity contribution in [1.29, 1.82) is 0 Å². The molecule has 2 nitrogen and oxygen atoms in total. The molecule has 1 aromatic rings. The zero-order valence-electron chi connectivity index (χ0n) is 12.5. The molecule has 1 aromatic carbocycles. The molecule has 2 fully saturated rings. The first-order valence-electron chi connectivity index (χ1n) is 8.18. The molecule has 0 aliphatic heterocycles. The Bertz CT molecular complexity index is 494. The molecule has 0 saturated heterocycles. The summed E-state index contributed by atoms with van der Waals surface area (Å²) in [5.74, 6) is 1.40. The molecule has 0 aromatic heterocycles. The van der Waals surface area contributed by atoms with Crippen LogP contribution >= 0.6 is 0 Å².